The van der Waals surface area contributed by atoms with Gasteiger partial charge in [0.2, 0.25) is 0 Å². The van der Waals surface area contributed by atoms with Gasteiger partial charge in [0, 0.05) is 54.7 Å². The molecule has 9 aromatic carbocycles. The van der Waals surface area contributed by atoms with Crippen molar-refractivity contribution >= 4 is 65.6 Å². The summed E-state index contributed by atoms with van der Waals surface area (Å²) in [5, 5.41) is 6.85. The molecule has 4 heterocycles. The first-order chi connectivity index (χ1) is 31.2. The third-order valence-corrected chi connectivity index (χ3v) is 12.4. The number of hydrogen-bond acceptors (Lipinski definition) is 4. The summed E-state index contributed by atoms with van der Waals surface area (Å²) < 4.78 is 11.7. The van der Waals surface area contributed by atoms with Gasteiger partial charge in [-0.05, 0) is 71.8 Å². The number of fused-ring (bicyclic) bond motifs is 9. The molecule has 0 aliphatic carbocycles. The van der Waals surface area contributed by atoms with Gasteiger partial charge in [0.1, 0.15) is 5.58 Å². The molecule has 0 aliphatic heterocycles. The number of aromatic nitrogens is 5. The Hall–Kier alpha value is -8.61. The number of hydrogen-bond donors (Lipinski definition) is 0. The summed E-state index contributed by atoms with van der Waals surface area (Å²) in [5.74, 6) is 1.80. The fraction of sp³-hybridized carbons (Fsp3) is 0. The van der Waals surface area contributed by atoms with E-state index in [-0.39, 0.29) is 0 Å². The van der Waals surface area contributed by atoms with E-state index >= 15 is 0 Å². The molecule has 13 rings (SSSR count). The van der Waals surface area contributed by atoms with Gasteiger partial charge in [-0.2, -0.15) is 0 Å². The standard InChI is InChI=1S/C57H35N5O/c1-4-16-36(17-5-1)38-20-14-21-39(32-38)56-58-55(37-18-6-2-7-19-37)59-57(60-56)40-30-31-44-45-26-15-29-50(54(45)63-53(44)33-40)62-49-28-13-11-25-43(49)47-34-51-46(35-52(47)62)42-24-10-12-27-48(42)61(51)41-22-8-3-9-23-41/h1-35H. The van der Waals surface area contributed by atoms with Gasteiger partial charge in [0.15, 0.2) is 23.1 Å². The van der Waals surface area contributed by atoms with Crippen LogP contribution in [0.3, 0.4) is 0 Å². The summed E-state index contributed by atoms with van der Waals surface area (Å²) in [5.41, 5.74) is 13.2. The van der Waals surface area contributed by atoms with Gasteiger partial charge >= 0.3 is 0 Å². The zero-order valence-electron chi connectivity index (χ0n) is 33.9. The molecule has 0 N–H and O–H groups in total. The van der Waals surface area contributed by atoms with Gasteiger partial charge in [-0.15, -0.1) is 0 Å². The molecule has 0 bridgehead atoms. The lowest BCUT2D eigenvalue weighted by atomic mass is 10.0. The van der Waals surface area contributed by atoms with Crippen molar-refractivity contribution < 1.29 is 4.42 Å². The predicted molar refractivity (Wildman–Crippen MR) is 258 cm³/mol. The van der Waals surface area contributed by atoms with Crippen LogP contribution in [0.2, 0.25) is 0 Å². The Morgan fingerprint density at radius 1 is 0.302 bits per heavy atom. The Kier molecular flexibility index (Phi) is 7.80. The van der Waals surface area contributed by atoms with Crippen LogP contribution >= 0.6 is 0 Å². The Bertz CT molecular complexity index is 3900. The van der Waals surface area contributed by atoms with E-state index in [1.807, 2.05) is 36.4 Å². The quantitative estimate of drug-likeness (QED) is 0.168. The third kappa shape index (κ3) is 5.62. The lowest BCUT2D eigenvalue weighted by Crippen LogP contribution is -2.00. The molecule has 0 saturated carbocycles. The van der Waals surface area contributed by atoms with Gasteiger partial charge in [0.25, 0.3) is 0 Å². The highest BCUT2D eigenvalue weighted by Gasteiger charge is 2.22. The molecule has 0 fully saturated rings. The molecule has 0 aliphatic rings. The first kappa shape index (κ1) is 35.2. The summed E-state index contributed by atoms with van der Waals surface area (Å²) in [6.45, 7) is 0. The van der Waals surface area contributed by atoms with Crippen LogP contribution in [0.4, 0.5) is 0 Å². The molecule has 63 heavy (non-hydrogen) atoms. The highest BCUT2D eigenvalue weighted by atomic mass is 16.3. The lowest BCUT2D eigenvalue weighted by molar-refractivity contribution is 0.666. The topological polar surface area (TPSA) is 61.7 Å². The summed E-state index contributed by atoms with van der Waals surface area (Å²) in [6.07, 6.45) is 0. The van der Waals surface area contributed by atoms with Crippen molar-refractivity contribution in [1.82, 2.24) is 24.1 Å². The number of benzene rings is 9. The molecule has 6 nitrogen and oxygen atoms in total. The second kappa shape index (κ2) is 14.0. The minimum atomic E-state index is 0.577. The van der Waals surface area contributed by atoms with Crippen LogP contribution in [0.1, 0.15) is 0 Å². The maximum absolute atomic E-state index is 6.99. The van der Waals surface area contributed by atoms with Crippen molar-refractivity contribution in [2.45, 2.75) is 0 Å². The molecule has 0 spiro atoms. The largest absolute Gasteiger partial charge is 0.454 e. The zero-order valence-corrected chi connectivity index (χ0v) is 33.9. The van der Waals surface area contributed by atoms with Crippen molar-refractivity contribution in [3.05, 3.63) is 212 Å². The zero-order chi connectivity index (χ0) is 41.4. The molecular formula is C57H35N5O. The van der Waals surface area contributed by atoms with E-state index in [9.17, 15) is 0 Å². The summed E-state index contributed by atoms with van der Waals surface area (Å²) in [4.78, 5) is 15.2. The predicted octanol–water partition coefficient (Wildman–Crippen LogP) is 14.6. The first-order valence-corrected chi connectivity index (χ1v) is 21.2. The van der Waals surface area contributed by atoms with Crippen LogP contribution in [0.5, 0.6) is 0 Å². The molecule has 4 aromatic heterocycles. The van der Waals surface area contributed by atoms with Crippen LogP contribution in [0, 0.1) is 0 Å². The average molecular weight is 806 g/mol. The van der Waals surface area contributed by atoms with Gasteiger partial charge in [-0.3, -0.25) is 0 Å². The van der Waals surface area contributed by atoms with Crippen LogP contribution < -0.4 is 0 Å². The summed E-state index contributed by atoms with van der Waals surface area (Å²) in [6, 6.07) is 74.4. The van der Waals surface area contributed by atoms with E-state index in [4.69, 9.17) is 19.4 Å². The summed E-state index contributed by atoms with van der Waals surface area (Å²) in [7, 11) is 0. The van der Waals surface area contributed by atoms with E-state index in [2.05, 4.69) is 185 Å². The van der Waals surface area contributed by atoms with Crippen LogP contribution in [-0.2, 0) is 0 Å². The number of nitrogens with zero attached hydrogens (tertiary/aromatic N) is 5. The van der Waals surface area contributed by atoms with E-state index < -0.39 is 0 Å². The molecule has 0 radical (unpaired) electrons. The number of para-hydroxylation sites is 4. The van der Waals surface area contributed by atoms with E-state index in [1.165, 1.54) is 32.6 Å². The maximum Gasteiger partial charge on any atom is 0.164 e. The van der Waals surface area contributed by atoms with Crippen molar-refractivity contribution in [3.63, 3.8) is 0 Å². The Balaban J connectivity index is 0.995. The first-order valence-electron chi connectivity index (χ1n) is 21.2. The highest BCUT2D eigenvalue weighted by Crippen LogP contribution is 2.42. The molecule has 294 valence electrons. The highest BCUT2D eigenvalue weighted by molar-refractivity contribution is 6.20. The third-order valence-electron chi connectivity index (χ3n) is 12.4. The van der Waals surface area contributed by atoms with Crippen molar-refractivity contribution in [2.75, 3.05) is 0 Å². The second-order valence-electron chi connectivity index (χ2n) is 16.0. The van der Waals surface area contributed by atoms with E-state index in [1.54, 1.807) is 0 Å². The molecule has 6 heteroatoms. The molecule has 13 aromatic rings. The van der Waals surface area contributed by atoms with Crippen LogP contribution in [0.15, 0.2) is 217 Å². The van der Waals surface area contributed by atoms with Crippen molar-refractivity contribution in [3.8, 4) is 56.7 Å². The molecule has 0 saturated heterocycles. The Morgan fingerprint density at radius 2 is 0.810 bits per heavy atom. The van der Waals surface area contributed by atoms with Crippen molar-refractivity contribution in [2.24, 2.45) is 0 Å². The van der Waals surface area contributed by atoms with E-state index in [0.29, 0.717) is 17.5 Å². The fourth-order valence-electron chi connectivity index (χ4n) is 9.46. The molecular weight excluding hydrogens is 771 g/mol. The average Bonchev–Trinajstić information content (AvgIpc) is 4.01. The Labute approximate surface area is 361 Å². The molecule has 0 atom stereocenters. The SMILES string of the molecule is c1ccc(-c2cccc(-c3nc(-c4ccccc4)nc(-c4ccc5c(c4)oc4c(-n6c7ccccc7c7cc8c(cc76)c6ccccc6n8-c6ccccc6)cccc45)n3)c2)cc1. The van der Waals surface area contributed by atoms with Gasteiger partial charge in [-0.1, -0.05) is 152 Å². The number of rotatable bonds is 6. The summed E-state index contributed by atoms with van der Waals surface area (Å²) >= 11 is 0. The lowest BCUT2D eigenvalue weighted by Gasteiger charge is -2.09. The number of furan rings is 1. The molecule has 0 unspecified atom stereocenters. The fourth-order valence-corrected chi connectivity index (χ4v) is 9.46. The molecule has 0 amide bonds. The van der Waals surface area contributed by atoms with Crippen molar-refractivity contribution in [1.29, 1.82) is 0 Å². The van der Waals surface area contributed by atoms with Gasteiger partial charge < -0.3 is 13.6 Å². The Morgan fingerprint density at radius 3 is 1.51 bits per heavy atom. The second-order valence-corrected chi connectivity index (χ2v) is 16.0. The van der Waals surface area contributed by atoms with Crippen LogP contribution in [-0.4, -0.2) is 24.1 Å². The normalized spacial score (nSPS) is 11.8. The minimum Gasteiger partial charge on any atom is -0.454 e. The van der Waals surface area contributed by atoms with Gasteiger partial charge in [-0.25, -0.2) is 15.0 Å². The van der Waals surface area contributed by atoms with Crippen LogP contribution in [0.25, 0.3) is 122 Å². The monoisotopic (exact) mass is 805 g/mol. The smallest absolute Gasteiger partial charge is 0.164 e. The van der Waals surface area contributed by atoms with E-state index in [0.717, 1.165) is 72.2 Å². The van der Waals surface area contributed by atoms with Gasteiger partial charge in [0.05, 0.1) is 27.8 Å². The minimum absolute atomic E-state index is 0.577. The maximum atomic E-state index is 6.99.